The van der Waals surface area contributed by atoms with Gasteiger partial charge in [0.1, 0.15) is 5.82 Å². The molecule has 0 aliphatic carbocycles. The maximum Gasteiger partial charge on any atom is 0.412 e. The van der Waals surface area contributed by atoms with Crippen molar-refractivity contribution in [1.29, 1.82) is 0 Å². The topological polar surface area (TPSA) is 145 Å². The third kappa shape index (κ3) is 4.87. The molecule has 186 valence electrons. The fourth-order valence-corrected chi connectivity index (χ4v) is 5.12. The van der Waals surface area contributed by atoms with E-state index in [1.807, 2.05) is 0 Å². The number of fused-ring (bicyclic) bond motifs is 1. The highest BCUT2D eigenvalue weighted by Gasteiger charge is 2.42. The van der Waals surface area contributed by atoms with Gasteiger partial charge in [-0.15, -0.1) is 10.2 Å². The van der Waals surface area contributed by atoms with E-state index in [1.54, 1.807) is 24.3 Å². The molecule has 0 fully saturated rings. The van der Waals surface area contributed by atoms with Gasteiger partial charge in [0.2, 0.25) is 11.8 Å². The van der Waals surface area contributed by atoms with Crippen molar-refractivity contribution in [3.63, 3.8) is 0 Å². The molecule has 4 N–H and O–H groups in total. The SMILES string of the molecule is NC(c1nnc(-c2cc3c(cc2F)S(=O)(=O)C[C@H](N)C(=O)N3Cc2ccc(Cl)cc2)o1)C(F)(F)F. The molecule has 9 nitrogen and oxygen atoms in total. The van der Waals surface area contributed by atoms with Crippen molar-refractivity contribution in [2.75, 3.05) is 10.7 Å². The smallest absolute Gasteiger partial charge is 0.412 e. The summed E-state index contributed by atoms with van der Waals surface area (Å²) in [6.07, 6.45) is -4.90. The highest BCUT2D eigenvalue weighted by atomic mass is 35.5. The molecule has 0 saturated heterocycles. The van der Waals surface area contributed by atoms with Gasteiger partial charge < -0.3 is 20.8 Å². The molecule has 2 heterocycles. The van der Waals surface area contributed by atoms with Crippen molar-refractivity contribution >= 4 is 33.0 Å². The second kappa shape index (κ2) is 8.86. The molecule has 15 heteroatoms. The Morgan fingerprint density at radius 2 is 1.86 bits per heavy atom. The minimum absolute atomic E-state index is 0.161. The van der Waals surface area contributed by atoms with Crippen molar-refractivity contribution in [3.05, 3.63) is 58.7 Å². The van der Waals surface area contributed by atoms with Crippen LogP contribution in [0, 0.1) is 5.82 Å². The monoisotopic (exact) mass is 533 g/mol. The molecule has 0 spiro atoms. The lowest BCUT2D eigenvalue weighted by Gasteiger charge is -2.24. The Morgan fingerprint density at radius 3 is 2.49 bits per heavy atom. The predicted molar refractivity (Wildman–Crippen MR) is 115 cm³/mol. The van der Waals surface area contributed by atoms with E-state index >= 15 is 0 Å². The van der Waals surface area contributed by atoms with Crippen LogP contribution < -0.4 is 16.4 Å². The zero-order valence-electron chi connectivity index (χ0n) is 17.5. The van der Waals surface area contributed by atoms with Gasteiger partial charge in [-0.25, -0.2) is 12.8 Å². The average Bonchev–Trinajstić information content (AvgIpc) is 3.24. The van der Waals surface area contributed by atoms with Crippen LogP contribution in [0.3, 0.4) is 0 Å². The van der Waals surface area contributed by atoms with Gasteiger partial charge in [0.25, 0.3) is 5.89 Å². The molecule has 1 amide bonds. The van der Waals surface area contributed by atoms with E-state index < -0.39 is 67.8 Å². The molecule has 1 aliphatic rings. The first-order valence-corrected chi connectivity index (χ1v) is 11.8. The molecule has 0 saturated carbocycles. The molecule has 1 aromatic heterocycles. The number of benzene rings is 2. The van der Waals surface area contributed by atoms with Crippen molar-refractivity contribution in [2.45, 2.75) is 29.7 Å². The first kappa shape index (κ1) is 25.0. The van der Waals surface area contributed by atoms with Gasteiger partial charge in [-0.2, -0.15) is 13.2 Å². The summed E-state index contributed by atoms with van der Waals surface area (Å²) in [5.41, 5.74) is 10.6. The highest BCUT2D eigenvalue weighted by Crippen LogP contribution is 2.38. The summed E-state index contributed by atoms with van der Waals surface area (Å²) in [5.74, 6) is -4.45. The first-order chi connectivity index (χ1) is 16.3. The summed E-state index contributed by atoms with van der Waals surface area (Å²) in [5, 5.41) is 7.06. The second-order valence-electron chi connectivity index (χ2n) is 7.70. The van der Waals surface area contributed by atoms with Gasteiger partial charge in [-0.1, -0.05) is 23.7 Å². The van der Waals surface area contributed by atoms with Crippen molar-refractivity contribution in [3.8, 4) is 11.5 Å². The molecular weight excluding hydrogens is 518 g/mol. The number of amides is 1. The minimum atomic E-state index is -4.90. The van der Waals surface area contributed by atoms with Gasteiger partial charge in [0, 0.05) is 5.02 Å². The van der Waals surface area contributed by atoms with Crippen LogP contribution in [0.25, 0.3) is 11.5 Å². The van der Waals surface area contributed by atoms with Crippen LogP contribution in [0.2, 0.25) is 5.02 Å². The molecular formula is C20H16ClF4N5O4S. The van der Waals surface area contributed by atoms with Crippen LogP contribution in [0.1, 0.15) is 17.5 Å². The van der Waals surface area contributed by atoms with Crippen LogP contribution in [0.15, 0.2) is 45.7 Å². The summed E-state index contributed by atoms with van der Waals surface area (Å²) in [6, 6.07) is 3.78. The summed E-state index contributed by atoms with van der Waals surface area (Å²) < 4.78 is 84.3. The van der Waals surface area contributed by atoms with Crippen molar-refractivity contribution in [1.82, 2.24) is 10.2 Å². The minimum Gasteiger partial charge on any atom is -0.418 e. The van der Waals surface area contributed by atoms with E-state index in [-0.39, 0.29) is 12.2 Å². The number of hydrogen-bond donors (Lipinski definition) is 2. The Hall–Kier alpha value is -3.07. The number of alkyl halides is 3. The Bertz CT molecular complexity index is 1400. The van der Waals surface area contributed by atoms with Crippen molar-refractivity contribution in [2.24, 2.45) is 11.5 Å². The average molecular weight is 534 g/mol. The van der Waals surface area contributed by atoms with E-state index in [2.05, 4.69) is 10.2 Å². The Kier molecular flexibility index (Phi) is 6.34. The Morgan fingerprint density at radius 1 is 1.20 bits per heavy atom. The lowest BCUT2D eigenvalue weighted by atomic mass is 10.1. The number of carbonyl (C=O) groups excluding carboxylic acids is 1. The van der Waals surface area contributed by atoms with Crippen LogP contribution in [-0.2, 0) is 21.2 Å². The predicted octanol–water partition coefficient (Wildman–Crippen LogP) is 2.74. The van der Waals surface area contributed by atoms with Gasteiger partial charge >= 0.3 is 6.18 Å². The molecule has 1 aliphatic heterocycles. The van der Waals surface area contributed by atoms with E-state index in [1.165, 1.54) is 0 Å². The number of nitrogens with two attached hydrogens (primary N) is 2. The Balaban J connectivity index is 1.86. The number of sulfone groups is 1. The molecule has 35 heavy (non-hydrogen) atoms. The van der Waals surface area contributed by atoms with Gasteiger partial charge in [-0.3, -0.25) is 4.79 Å². The largest absolute Gasteiger partial charge is 0.418 e. The fraction of sp³-hybridized carbons (Fsp3) is 0.250. The normalized spacial score (nSPS) is 18.8. The van der Waals surface area contributed by atoms with E-state index in [0.717, 1.165) is 11.0 Å². The van der Waals surface area contributed by atoms with Gasteiger partial charge in [-0.05, 0) is 29.8 Å². The quantitative estimate of drug-likeness (QED) is 0.487. The van der Waals surface area contributed by atoms with Crippen LogP contribution in [-0.4, -0.2) is 42.5 Å². The number of nitrogens with zero attached hydrogens (tertiary/aromatic N) is 3. The van der Waals surface area contributed by atoms with Crippen LogP contribution in [0.5, 0.6) is 0 Å². The van der Waals surface area contributed by atoms with E-state index in [4.69, 9.17) is 27.5 Å². The molecule has 0 radical (unpaired) electrons. The molecule has 0 bridgehead atoms. The van der Waals surface area contributed by atoms with Gasteiger partial charge in [0.15, 0.2) is 15.9 Å². The summed E-state index contributed by atoms with van der Waals surface area (Å²) in [7, 11) is -4.23. The standard InChI is InChI=1S/C20H16ClF4N5O4S/c21-10-3-1-9(2-4-10)7-30-14-5-11(17-28-29-18(34-17)16(27)20(23,24)25)12(22)6-15(14)35(32,33)8-13(26)19(30)31/h1-6,13,16H,7-8,26-27H2/t13-,16?/m0/s1. The number of aromatic nitrogens is 2. The molecule has 3 aromatic rings. The highest BCUT2D eigenvalue weighted by molar-refractivity contribution is 7.91. The summed E-state index contributed by atoms with van der Waals surface area (Å²) in [4.78, 5) is 13.5. The maximum atomic E-state index is 15.0. The third-order valence-electron chi connectivity index (χ3n) is 5.20. The van der Waals surface area contributed by atoms with Crippen molar-refractivity contribution < 1.29 is 35.2 Å². The fourth-order valence-electron chi connectivity index (χ4n) is 3.43. The summed E-state index contributed by atoms with van der Waals surface area (Å²) in [6.45, 7) is -0.161. The second-order valence-corrected chi connectivity index (χ2v) is 10.1. The number of anilines is 1. The molecule has 4 rings (SSSR count). The lowest BCUT2D eigenvalue weighted by Crippen LogP contribution is -2.45. The van der Waals surface area contributed by atoms with Crippen LogP contribution >= 0.6 is 11.6 Å². The zero-order valence-corrected chi connectivity index (χ0v) is 19.0. The first-order valence-electron chi connectivity index (χ1n) is 9.81. The zero-order chi connectivity index (χ0) is 25.7. The molecule has 1 unspecified atom stereocenters. The third-order valence-corrected chi connectivity index (χ3v) is 7.25. The van der Waals surface area contributed by atoms with E-state index in [9.17, 15) is 30.8 Å². The van der Waals surface area contributed by atoms with Crippen LogP contribution in [0.4, 0.5) is 23.2 Å². The maximum absolute atomic E-state index is 15.0. The Labute approximate surface area is 200 Å². The van der Waals surface area contributed by atoms with E-state index in [0.29, 0.717) is 16.7 Å². The summed E-state index contributed by atoms with van der Waals surface area (Å²) >= 11 is 5.89. The van der Waals surface area contributed by atoms with Gasteiger partial charge in [0.05, 0.1) is 34.5 Å². The number of hydrogen-bond acceptors (Lipinski definition) is 8. The molecule has 2 aromatic carbocycles. The number of carbonyl (C=O) groups is 1. The number of halogens is 5. The number of rotatable bonds is 4. The lowest BCUT2D eigenvalue weighted by molar-refractivity contribution is -0.153. The molecule has 2 atom stereocenters.